The molecule has 3 rings (SSSR count). The van der Waals surface area contributed by atoms with Crippen molar-refractivity contribution in [2.24, 2.45) is 0 Å². The quantitative estimate of drug-likeness (QED) is 0.474. The van der Waals surface area contributed by atoms with Crippen LogP contribution in [0, 0.1) is 0 Å². The molecule has 0 spiro atoms. The van der Waals surface area contributed by atoms with Crippen molar-refractivity contribution < 1.29 is 37.8 Å². The summed E-state index contributed by atoms with van der Waals surface area (Å²) >= 11 is 0. The fourth-order valence-corrected chi connectivity index (χ4v) is 4.40. The van der Waals surface area contributed by atoms with Gasteiger partial charge in [-0.3, -0.25) is 0 Å². The monoisotopic (exact) mass is 413 g/mol. The van der Waals surface area contributed by atoms with E-state index in [0.29, 0.717) is 10.8 Å². The van der Waals surface area contributed by atoms with Gasteiger partial charge in [0.05, 0.1) is 6.61 Å². The van der Waals surface area contributed by atoms with Crippen LogP contribution in [0.1, 0.15) is 0 Å². The van der Waals surface area contributed by atoms with Crippen LogP contribution in [0.25, 0.3) is 10.8 Å². The molecule has 0 amide bonds. The first-order valence-corrected chi connectivity index (χ1v) is 10.0. The van der Waals surface area contributed by atoms with E-state index in [2.05, 4.69) is 0 Å². The van der Waals surface area contributed by atoms with Crippen molar-refractivity contribution in [2.75, 3.05) is 25.6 Å². The summed E-state index contributed by atoms with van der Waals surface area (Å²) in [5.41, 5.74) is 0.808. The molecule has 4 N–H and O–H groups in total. The molecule has 0 aliphatic carbocycles. The van der Waals surface area contributed by atoms with Gasteiger partial charge in [0.1, 0.15) is 29.3 Å². The Morgan fingerprint density at radius 1 is 1.00 bits per heavy atom. The fourth-order valence-electron chi connectivity index (χ4n) is 3.20. The zero-order chi connectivity index (χ0) is 20.6. The molecule has 1 heterocycles. The molecule has 1 aliphatic heterocycles. The number of hydrogen-bond donors (Lipinski definition) is 4. The van der Waals surface area contributed by atoms with Gasteiger partial charge in [-0.15, -0.1) is 0 Å². The van der Waals surface area contributed by atoms with Gasteiger partial charge in [-0.05, 0) is 12.1 Å². The largest absolute Gasteiger partial charge is 0.394 e. The van der Waals surface area contributed by atoms with Crippen LogP contribution in [-0.4, -0.2) is 80.3 Å². The maximum Gasteiger partial charge on any atom is 0.300 e. The summed E-state index contributed by atoms with van der Waals surface area (Å²) in [6.45, 7) is -0.689. The summed E-state index contributed by atoms with van der Waals surface area (Å²) < 4.78 is 36.0. The molecule has 1 fully saturated rings. The van der Waals surface area contributed by atoms with E-state index < -0.39 is 47.4 Å². The Bertz CT molecular complexity index is 946. The SMILES string of the molecule is CN(C)c1cccc2c(S(=O)(=O)OC3O[C@H](CO)[C@H](O)[C@H](O)[C@H]3O)cccc12. The van der Waals surface area contributed by atoms with Crippen molar-refractivity contribution in [1.82, 2.24) is 0 Å². The number of hydrogen-bond acceptors (Lipinski definition) is 9. The van der Waals surface area contributed by atoms with Crippen molar-refractivity contribution in [2.45, 2.75) is 35.6 Å². The van der Waals surface area contributed by atoms with Crippen LogP contribution in [0.3, 0.4) is 0 Å². The van der Waals surface area contributed by atoms with Crippen molar-refractivity contribution in [3.8, 4) is 0 Å². The smallest absolute Gasteiger partial charge is 0.300 e. The highest BCUT2D eigenvalue weighted by molar-refractivity contribution is 7.87. The third kappa shape index (κ3) is 3.72. The molecule has 1 aliphatic rings. The maximum atomic E-state index is 12.9. The van der Waals surface area contributed by atoms with Gasteiger partial charge in [0.2, 0.25) is 6.29 Å². The molecule has 0 aromatic heterocycles. The van der Waals surface area contributed by atoms with Crippen LogP contribution in [0.4, 0.5) is 5.69 Å². The molecule has 2 aromatic rings. The van der Waals surface area contributed by atoms with Crippen molar-refractivity contribution in [3.05, 3.63) is 36.4 Å². The Morgan fingerprint density at radius 3 is 2.29 bits per heavy atom. The van der Waals surface area contributed by atoms with Gasteiger partial charge in [0.15, 0.2) is 0 Å². The van der Waals surface area contributed by atoms with Gasteiger partial charge in [0, 0.05) is 30.6 Å². The first-order valence-electron chi connectivity index (χ1n) is 8.60. The molecule has 5 atom stereocenters. The molecule has 9 nitrogen and oxygen atoms in total. The average Bonchev–Trinajstić information content (AvgIpc) is 2.67. The standard InChI is InChI=1S/C18H23NO8S/c1-19(2)12-7-3-6-11-10(12)5-4-8-14(11)28(24,25)27-18-17(23)16(22)15(21)13(9-20)26-18/h3-8,13,15-18,20-23H,9H2,1-2H3/t13-,15+,16+,17-,18?/m1/s1. The van der Waals surface area contributed by atoms with E-state index in [1.165, 1.54) is 6.07 Å². The van der Waals surface area contributed by atoms with Gasteiger partial charge < -0.3 is 30.1 Å². The molecule has 0 bridgehead atoms. The zero-order valence-electron chi connectivity index (χ0n) is 15.3. The molecule has 0 saturated carbocycles. The molecule has 10 heteroatoms. The molecule has 0 radical (unpaired) electrons. The normalized spacial score (nSPS) is 28.4. The highest BCUT2D eigenvalue weighted by atomic mass is 32.2. The number of aliphatic hydroxyl groups is 4. The molecule has 1 saturated heterocycles. The minimum Gasteiger partial charge on any atom is -0.394 e. The topological polar surface area (TPSA) is 137 Å². The Labute approximate surface area is 162 Å². The van der Waals surface area contributed by atoms with Gasteiger partial charge in [0.25, 0.3) is 10.1 Å². The van der Waals surface area contributed by atoms with Gasteiger partial charge in [-0.1, -0.05) is 24.3 Å². The number of anilines is 1. The number of rotatable bonds is 5. The van der Waals surface area contributed by atoms with E-state index in [4.69, 9.17) is 8.92 Å². The predicted octanol–water partition coefficient (Wildman–Crippen LogP) is -0.589. The maximum absolute atomic E-state index is 12.9. The van der Waals surface area contributed by atoms with Crippen molar-refractivity contribution in [1.29, 1.82) is 0 Å². The first-order chi connectivity index (χ1) is 13.2. The van der Waals surface area contributed by atoms with Crippen molar-refractivity contribution >= 4 is 26.6 Å². The highest BCUT2D eigenvalue weighted by Gasteiger charge is 2.46. The number of benzene rings is 2. The molecule has 154 valence electrons. The lowest BCUT2D eigenvalue weighted by Gasteiger charge is -2.39. The molecule has 2 aromatic carbocycles. The second kappa shape index (κ2) is 7.91. The lowest BCUT2D eigenvalue weighted by molar-refractivity contribution is -0.276. The van der Waals surface area contributed by atoms with Gasteiger partial charge in [-0.25, -0.2) is 4.18 Å². The number of ether oxygens (including phenoxy) is 1. The van der Waals surface area contributed by atoms with Crippen LogP contribution < -0.4 is 4.90 Å². The summed E-state index contributed by atoms with van der Waals surface area (Å²) in [5, 5.41) is 40.0. The van der Waals surface area contributed by atoms with Crippen molar-refractivity contribution in [3.63, 3.8) is 0 Å². The first kappa shape index (κ1) is 20.9. The van der Waals surface area contributed by atoms with Gasteiger partial charge in [-0.2, -0.15) is 8.42 Å². The Kier molecular flexibility index (Phi) is 5.92. The lowest BCUT2D eigenvalue weighted by Crippen LogP contribution is -2.59. The average molecular weight is 413 g/mol. The Balaban J connectivity index is 1.99. The van der Waals surface area contributed by atoms with E-state index in [-0.39, 0.29) is 4.90 Å². The van der Waals surface area contributed by atoms with E-state index in [1.54, 1.807) is 24.3 Å². The predicted molar refractivity (Wildman–Crippen MR) is 100 cm³/mol. The van der Waals surface area contributed by atoms with E-state index >= 15 is 0 Å². The van der Waals surface area contributed by atoms with E-state index in [0.717, 1.165) is 5.69 Å². The Hall–Kier alpha value is -1.79. The zero-order valence-corrected chi connectivity index (χ0v) is 16.2. The minimum atomic E-state index is -4.41. The summed E-state index contributed by atoms with van der Waals surface area (Å²) in [7, 11) is -0.745. The van der Waals surface area contributed by atoms with Crippen LogP contribution in [0.15, 0.2) is 41.3 Å². The summed E-state index contributed by atoms with van der Waals surface area (Å²) in [6.07, 6.45) is -8.22. The minimum absolute atomic E-state index is 0.134. The number of fused-ring (bicyclic) bond motifs is 1. The van der Waals surface area contributed by atoms with Crippen LogP contribution in [0.5, 0.6) is 0 Å². The molecule has 1 unspecified atom stereocenters. The van der Waals surface area contributed by atoms with Crippen LogP contribution in [-0.2, 0) is 19.0 Å². The lowest BCUT2D eigenvalue weighted by atomic mass is 10.00. The fraction of sp³-hybridized carbons (Fsp3) is 0.444. The second-order valence-corrected chi connectivity index (χ2v) is 8.31. The number of nitrogens with zero attached hydrogens (tertiary/aromatic N) is 1. The third-order valence-electron chi connectivity index (χ3n) is 4.68. The second-order valence-electron chi connectivity index (χ2n) is 6.77. The molecular weight excluding hydrogens is 390 g/mol. The van der Waals surface area contributed by atoms with Gasteiger partial charge >= 0.3 is 0 Å². The summed E-state index contributed by atoms with van der Waals surface area (Å²) in [5.74, 6) is 0. The molecule has 28 heavy (non-hydrogen) atoms. The van der Waals surface area contributed by atoms with E-state index in [1.807, 2.05) is 25.1 Å². The summed E-state index contributed by atoms with van der Waals surface area (Å²) in [4.78, 5) is 1.71. The Morgan fingerprint density at radius 2 is 1.64 bits per heavy atom. The highest BCUT2D eigenvalue weighted by Crippen LogP contribution is 2.32. The number of aliphatic hydroxyl groups excluding tert-OH is 4. The van der Waals surface area contributed by atoms with E-state index in [9.17, 15) is 28.8 Å². The van der Waals surface area contributed by atoms with Crippen LogP contribution in [0.2, 0.25) is 0 Å². The summed E-state index contributed by atoms with van der Waals surface area (Å²) in [6, 6.07) is 9.89. The molecular formula is C18H23NO8S. The van der Waals surface area contributed by atoms with Crippen LogP contribution >= 0.6 is 0 Å². The third-order valence-corrected chi connectivity index (χ3v) is 6.02.